The van der Waals surface area contributed by atoms with E-state index >= 15 is 0 Å². The molecular weight excluding hydrogens is 218 g/mol. The highest BCUT2D eigenvalue weighted by Crippen LogP contribution is 2.42. The summed E-state index contributed by atoms with van der Waals surface area (Å²) in [5.41, 5.74) is 5.31. The fourth-order valence-corrected chi connectivity index (χ4v) is 2.39. The van der Waals surface area contributed by atoms with Crippen molar-refractivity contribution in [3.8, 4) is 5.75 Å². The second-order valence-electron chi connectivity index (χ2n) is 5.00. The molecule has 1 unspecified atom stereocenters. The van der Waals surface area contributed by atoms with Crippen LogP contribution in [0.4, 0.5) is 0 Å². The van der Waals surface area contributed by atoms with Gasteiger partial charge in [-0.15, -0.1) is 0 Å². The molecule has 1 aliphatic rings. The molecule has 17 heavy (non-hydrogen) atoms. The summed E-state index contributed by atoms with van der Waals surface area (Å²) in [5.74, 6) is 0.220. The van der Waals surface area contributed by atoms with Crippen LogP contribution < -0.4 is 10.5 Å². The van der Waals surface area contributed by atoms with Gasteiger partial charge in [-0.3, -0.25) is 0 Å². The van der Waals surface area contributed by atoms with E-state index in [9.17, 15) is 4.79 Å². The van der Waals surface area contributed by atoms with Gasteiger partial charge in [0.25, 0.3) is 0 Å². The highest BCUT2D eigenvalue weighted by Gasteiger charge is 2.48. The lowest BCUT2D eigenvalue weighted by Crippen LogP contribution is -2.54. The van der Waals surface area contributed by atoms with Crippen molar-refractivity contribution >= 4 is 5.97 Å². The minimum atomic E-state index is -1.13. The van der Waals surface area contributed by atoms with E-state index in [4.69, 9.17) is 15.2 Å². The van der Waals surface area contributed by atoms with E-state index in [2.05, 4.69) is 0 Å². The van der Waals surface area contributed by atoms with E-state index in [0.717, 1.165) is 0 Å². The quantitative estimate of drug-likeness (QED) is 0.751. The number of para-hydroxylation sites is 1. The van der Waals surface area contributed by atoms with Gasteiger partial charge < -0.3 is 15.2 Å². The lowest BCUT2D eigenvalue weighted by molar-refractivity contribution is -0.151. The van der Waals surface area contributed by atoms with Gasteiger partial charge in [-0.2, -0.15) is 0 Å². The topological polar surface area (TPSA) is 61.5 Å². The number of carbonyl (C=O) groups excluding carboxylic acids is 1. The van der Waals surface area contributed by atoms with Gasteiger partial charge in [-0.25, -0.2) is 4.79 Å². The van der Waals surface area contributed by atoms with Crippen LogP contribution in [-0.4, -0.2) is 18.7 Å². The SMILES string of the molecule is COC(=O)C1(N)CC(C)(C)Oc2ccccc21. The average molecular weight is 235 g/mol. The molecule has 0 bridgehead atoms. The number of benzene rings is 1. The summed E-state index contributed by atoms with van der Waals surface area (Å²) in [5, 5.41) is 0. The predicted octanol–water partition coefficient (Wildman–Crippen LogP) is 1.57. The molecule has 4 nitrogen and oxygen atoms in total. The van der Waals surface area contributed by atoms with Crippen molar-refractivity contribution in [2.45, 2.75) is 31.4 Å². The summed E-state index contributed by atoms with van der Waals surface area (Å²) in [6, 6.07) is 7.32. The number of esters is 1. The van der Waals surface area contributed by atoms with Crippen LogP contribution >= 0.6 is 0 Å². The number of rotatable bonds is 1. The number of hydrogen-bond acceptors (Lipinski definition) is 4. The number of fused-ring (bicyclic) bond motifs is 1. The van der Waals surface area contributed by atoms with Crippen molar-refractivity contribution in [3.63, 3.8) is 0 Å². The van der Waals surface area contributed by atoms with Crippen molar-refractivity contribution in [3.05, 3.63) is 29.8 Å². The third kappa shape index (κ3) is 1.89. The molecule has 0 fully saturated rings. The van der Waals surface area contributed by atoms with Crippen molar-refractivity contribution in [2.24, 2.45) is 5.73 Å². The monoisotopic (exact) mass is 235 g/mol. The average Bonchev–Trinajstić information content (AvgIpc) is 2.26. The zero-order chi connectivity index (χ0) is 12.7. The molecule has 4 heteroatoms. The summed E-state index contributed by atoms with van der Waals surface area (Å²) < 4.78 is 10.6. The minimum absolute atomic E-state index is 0.393. The third-order valence-corrected chi connectivity index (χ3v) is 3.01. The van der Waals surface area contributed by atoms with Gasteiger partial charge >= 0.3 is 5.97 Å². The fraction of sp³-hybridized carbons (Fsp3) is 0.462. The molecular formula is C13H17NO3. The van der Waals surface area contributed by atoms with Gasteiger partial charge in [-0.1, -0.05) is 18.2 Å². The number of nitrogens with two attached hydrogens (primary N) is 1. The smallest absolute Gasteiger partial charge is 0.330 e. The first-order valence-electron chi connectivity index (χ1n) is 5.55. The molecule has 0 aromatic heterocycles. The van der Waals surface area contributed by atoms with Crippen LogP contribution in [0.25, 0.3) is 0 Å². The highest BCUT2D eigenvalue weighted by atomic mass is 16.5. The first kappa shape index (κ1) is 11.9. The normalized spacial score (nSPS) is 25.6. The van der Waals surface area contributed by atoms with Crippen LogP contribution in [0.3, 0.4) is 0 Å². The molecule has 0 aliphatic carbocycles. The lowest BCUT2D eigenvalue weighted by atomic mass is 9.78. The van der Waals surface area contributed by atoms with E-state index in [1.54, 1.807) is 0 Å². The lowest BCUT2D eigenvalue weighted by Gasteiger charge is -2.41. The molecule has 92 valence electrons. The molecule has 2 rings (SSSR count). The van der Waals surface area contributed by atoms with Crippen molar-refractivity contribution < 1.29 is 14.3 Å². The maximum atomic E-state index is 11.9. The maximum absolute atomic E-state index is 11.9. The zero-order valence-electron chi connectivity index (χ0n) is 10.3. The van der Waals surface area contributed by atoms with Crippen LogP contribution in [0.1, 0.15) is 25.8 Å². The second kappa shape index (κ2) is 3.74. The van der Waals surface area contributed by atoms with Crippen LogP contribution in [-0.2, 0) is 15.1 Å². The second-order valence-corrected chi connectivity index (χ2v) is 5.00. The first-order valence-corrected chi connectivity index (χ1v) is 5.55. The van der Waals surface area contributed by atoms with Crippen molar-refractivity contribution in [2.75, 3.05) is 7.11 Å². The van der Waals surface area contributed by atoms with E-state index in [1.165, 1.54) is 7.11 Å². The van der Waals surface area contributed by atoms with Gasteiger partial charge in [0.05, 0.1) is 7.11 Å². The summed E-state index contributed by atoms with van der Waals surface area (Å²) in [6.07, 6.45) is 0.393. The molecule has 1 aromatic carbocycles. The number of methoxy groups -OCH3 is 1. The summed E-state index contributed by atoms with van der Waals surface area (Å²) >= 11 is 0. The van der Waals surface area contributed by atoms with E-state index in [1.807, 2.05) is 38.1 Å². The molecule has 0 saturated heterocycles. The Morgan fingerprint density at radius 1 is 1.41 bits per heavy atom. The largest absolute Gasteiger partial charge is 0.487 e. The highest BCUT2D eigenvalue weighted by molar-refractivity contribution is 5.84. The molecule has 0 radical (unpaired) electrons. The van der Waals surface area contributed by atoms with Crippen molar-refractivity contribution in [1.82, 2.24) is 0 Å². The Hall–Kier alpha value is -1.55. The molecule has 1 heterocycles. The maximum Gasteiger partial charge on any atom is 0.330 e. The van der Waals surface area contributed by atoms with Crippen molar-refractivity contribution in [1.29, 1.82) is 0 Å². The Kier molecular flexibility index (Phi) is 2.62. The number of carbonyl (C=O) groups is 1. The number of ether oxygens (including phenoxy) is 2. The van der Waals surface area contributed by atoms with Gasteiger partial charge in [0.2, 0.25) is 0 Å². The molecule has 0 amide bonds. The molecule has 0 spiro atoms. The molecule has 1 atom stereocenters. The Balaban J connectivity index is 2.57. The Labute approximate surface area is 101 Å². The Bertz CT molecular complexity index is 456. The summed E-state index contributed by atoms with van der Waals surface area (Å²) in [7, 11) is 1.35. The van der Waals surface area contributed by atoms with Crippen LogP contribution in [0.15, 0.2) is 24.3 Å². The third-order valence-electron chi connectivity index (χ3n) is 3.01. The van der Waals surface area contributed by atoms with E-state index < -0.39 is 17.1 Å². The summed E-state index contributed by atoms with van der Waals surface area (Å²) in [6.45, 7) is 3.82. The fourth-order valence-electron chi connectivity index (χ4n) is 2.39. The standard InChI is InChI=1S/C13H17NO3/c1-12(2)8-13(14,11(15)16-3)9-6-4-5-7-10(9)17-12/h4-7H,8,14H2,1-3H3. The molecule has 1 aliphatic heterocycles. The zero-order valence-corrected chi connectivity index (χ0v) is 10.3. The van der Waals surface area contributed by atoms with Crippen LogP contribution in [0.2, 0.25) is 0 Å². The van der Waals surface area contributed by atoms with Gasteiger partial charge in [0.15, 0.2) is 0 Å². The van der Waals surface area contributed by atoms with Crippen LogP contribution in [0.5, 0.6) is 5.75 Å². The molecule has 1 aromatic rings. The van der Waals surface area contributed by atoms with Gasteiger partial charge in [0, 0.05) is 12.0 Å². The van der Waals surface area contributed by atoms with Gasteiger partial charge in [-0.05, 0) is 19.9 Å². The van der Waals surface area contributed by atoms with E-state index in [-0.39, 0.29) is 0 Å². The number of hydrogen-bond donors (Lipinski definition) is 1. The Morgan fingerprint density at radius 2 is 2.06 bits per heavy atom. The van der Waals surface area contributed by atoms with Gasteiger partial charge in [0.1, 0.15) is 16.9 Å². The van der Waals surface area contributed by atoms with Crippen LogP contribution in [0, 0.1) is 0 Å². The first-order chi connectivity index (χ1) is 7.89. The molecule has 2 N–H and O–H groups in total. The van der Waals surface area contributed by atoms with E-state index in [0.29, 0.717) is 17.7 Å². The summed E-state index contributed by atoms with van der Waals surface area (Å²) in [4.78, 5) is 11.9. The minimum Gasteiger partial charge on any atom is -0.487 e. The Morgan fingerprint density at radius 3 is 2.71 bits per heavy atom. The predicted molar refractivity (Wildman–Crippen MR) is 63.6 cm³/mol. The molecule has 0 saturated carbocycles.